The van der Waals surface area contributed by atoms with E-state index in [0.29, 0.717) is 10.2 Å². The van der Waals surface area contributed by atoms with E-state index in [2.05, 4.69) is 31.9 Å². The Morgan fingerprint density at radius 1 is 1.11 bits per heavy atom. The molecule has 2 amide bonds. The van der Waals surface area contributed by atoms with Crippen LogP contribution in [-0.2, 0) is 14.3 Å². The third kappa shape index (κ3) is 8.81. The zero-order valence-corrected chi connectivity index (χ0v) is 22.2. The number of esters is 1. The Bertz CT molecular complexity index is 1150. The number of amides is 2. The van der Waals surface area contributed by atoms with Gasteiger partial charge in [-0.15, -0.1) is 0 Å². The molecule has 0 aliphatic carbocycles. The van der Waals surface area contributed by atoms with Crippen LogP contribution in [0.5, 0.6) is 0 Å². The molecule has 0 unspecified atom stereocenters. The van der Waals surface area contributed by atoms with Crippen LogP contribution >= 0.6 is 39.1 Å². The Morgan fingerprint density at radius 2 is 1.78 bits per heavy atom. The molecule has 2 aromatic rings. The Morgan fingerprint density at radius 3 is 2.39 bits per heavy atom. The first-order valence-corrected chi connectivity index (χ1v) is 12.1. The zero-order chi connectivity index (χ0) is 26.8. The molecular weight excluding hydrogens is 577 g/mol. The number of carbonyl (C=O) groups excluding carboxylic acids is 4. The zero-order valence-electron chi connectivity index (χ0n) is 19.1. The second-order valence-corrected chi connectivity index (χ2v) is 9.26. The Hall–Kier alpha value is -3.15. The molecule has 0 heterocycles. The maximum Gasteiger partial charge on any atom is 0.310 e. The van der Waals surface area contributed by atoms with Gasteiger partial charge in [0.2, 0.25) is 5.91 Å². The molecule has 0 radical (unpaired) electrons. The highest BCUT2D eigenvalue weighted by molar-refractivity contribution is 9.10. The van der Waals surface area contributed by atoms with Crippen LogP contribution in [0.4, 0.5) is 5.69 Å². The first-order chi connectivity index (χ1) is 17.0. The summed E-state index contributed by atoms with van der Waals surface area (Å²) in [6.45, 7) is -0.450. The fourth-order valence-corrected chi connectivity index (χ4v) is 4.58. The maximum atomic E-state index is 12.7. The van der Waals surface area contributed by atoms with Gasteiger partial charge < -0.3 is 26.4 Å². The molecule has 0 fully saturated rings. The number of hydrogen-bond acceptors (Lipinski definition) is 6. The molecule has 0 bridgehead atoms. The molecule has 2 aromatic carbocycles. The van der Waals surface area contributed by atoms with Crippen LogP contribution in [0.3, 0.4) is 0 Å². The minimum Gasteiger partial charge on any atom is -0.469 e. The number of halogens is 3. The van der Waals surface area contributed by atoms with Crippen LogP contribution in [0.25, 0.3) is 0 Å². The molecular formula is C23H24BrCl2N5O5. The maximum absolute atomic E-state index is 12.7. The lowest BCUT2D eigenvalue weighted by atomic mass is 9.98. The van der Waals surface area contributed by atoms with E-state index in [1.54, 1.807) is 24.3 Å². The number of guanidine groups is 1. The number of ether oxygens (including phenoxy) is 1. The molecule has 0 aromatic heterocycles. The number of ketones is 1. The number of anilines is 1. The topological polar surface area (TPSA) is 163 Å². The number of Topliss-reactive ketones (excluding diaryl/α,β-unsaturated/α-hetero) is 1. The van der Waals surface area contributed by atoms with Crippen molar-refractivity contribution in [2.24, 2.45) is 11.7 Å². The number of nitrogens with two attached hydrogens (primary N) is 1. The fourth-order valence-electron chi connectivity index (χ4n) is 3.16. The Kier molecular flexibility index (Phi) is 11.2. The average molecular weight is 601 g/mol. The van der Waals surface area contributed by atoms with Gasteiger partial charge in [-0.25, -0.2) is 0 Å². The van der Waals surface area contributed by atoms with E-state index in [-0.39, 0.29) is 58.8 Å². The smallest absolute Gasteiger partial charge is 0.310 e. The summed E-state index contributed by atoms with van der Waals surface area (Å²) in [7, 11) is 1.21. The van der Waals surface area contributed by atoms with Crippen LogP contribution in [0.2, 0.25) is 10.0 Å². The monoisotopic (exact) mass is 599 g/mol. The highest BCUT2D eigenvalue weighted by atomic mass is 79.9. The molecule has 6 N–H and O–H groups in total. The summed E-state index contributed by atoms with van der Waals surface area (Å²) in [6, 6.07) is 9.32. The molecule has 36 heavy (non-hydrogen) atoms. The molecule has 10 nitrogen and oxygen atoms in total. The van der Waals surface area contributed by atoms with E-state index >= 15 is 0 Å². The van der Waals surface area contributed by atoms with Gasteiger partial charge in [0.15, 0.2) is 11.7 Å². The molecule has 0 saturated heterocycles. The number of benzene rings is 2. The van der Waals surface area contributed by atoms with Crippen LogP contribution < -0.4 is 21.7 Å². The summed E-state index contributed by atoms with van der Waals surface area (Å²) in [6.07, 6.45) is 0.0227. The van der Waals surface area contributed by atoms with E-state index < -0.39 is 23.7 Å². The van der Waals surface area contributed by atoms with Gasteiger partial charge in [0.25, 0.3) is 5.91 Å². The third-order valence-corrected chi connectivity index (χ3v) is 5.95. The van der Waals surface area contributed by atoms with Crippen molar-refractivity contribution in [2.45, 2.75) is 12.8 Å². The van der Waals surface area contributed by atoms with Crippen LogP contribution in [-0.4, -0.2) is 49.7 Å². The Balaban J connectivity index is 1.90. The average Bonchev–Trinajstić information content (AvgIpc) is 2.81. The number of carbonyl (C=O) groups is 4. The van der Waals surface area contributed by atoms with Crippen molar-refractivity contribution in [2.75, 3.05) is 25.5 Å². The van der Waals surface area contributed by atoms with Gasteiger partial charge in [-0.05, 0) is 36.8 Å². The summed E-state index contributed by atoms with van der Waals surface area (Å²) in [4.78, 5) is 49.4. The van der Waals surface area contributed by atoms with Crippen LogP contribution in [0, 0.1) is 11.3 Å². The molecule has 1 atom stereocenters. The highest BCUT2D eigenvalue weighted by Gasteiger charge is 2.23. The third-order valence-electron chi connectivity index (χ3n) is 4.90. The van der Waals surface area contributed by atoms with Crippen molar-refractivity contribution in [1.29, 1.82) is 5.41 Å². The molecule has 0 spiro atoms. The standard InChI is InChI=1S/C23H24BrCl2N5O5/c1-36-22(35)13(5-6-18(32)20-16(25)8-14(24)9-17(20)26)10-29-19(33)11-30-21(34)12-3-2-4-15(7-12)31-23(27)28/h2-4,7-9,13H,5-6,10-11H2,1H3,(H,29,33)(H,30,34)(H4,27,28,31)/t13-/m0/s1. The first kappa shape index (κ1) is 29.1. The van der Waals surface area contributed by atoms with E-state index in [1.165, 1.54) is 19.2 Å². The lowest BCUT2D eigenvalue weighted by Gasteiger charge is -2.16. The van der Waals surface area contributed by atoms with Crippen molar-refractivity contribution in [3.63, 3.8) is 0 Å². The van der Waals surface area contributed by atoms with Gasteiger partial charge in [0.05, 0.1) is 35.2 Å². The van der Waals surface area contributed by atoms with Crippen molar-refractivity contribution in [3.05, 3.63) is 62.0 Å². The second kappa shape index (κ2) is 13.8. The summed E-state index contributed by atoms with van der Waals surface area (Å²) in [5.74, 6) is -3.10. The van der Waals surface area contributed by atoms with Crippen molar-refractivity contribution in [1.82, 2.24) is 10.6 Å². The molecule has 13 heteroatoms. The van der Waals surface area contributed by atoms with Gasteiger partial charge in [0.1, 0.15) is 0 Å². The predicted molar refractivity (Wildman–Crippen MR) is 141 cm³/mol. The summed E-state index contributed by atoms with van der Waals surface area (Å²) in [5, 5.41) is 15.2. The largest absolute Gasteiger partial charge is 0.469 e. The van der Waals surface area contributed by atoms with Gasteiger partial charge in [-0.1, -0.05) is 45.2 Å². The minimum absolute atomic E-state index is 0.0575. The Labute approximate surface area is 225 Å². The molecule has 0 aliphatic heterocycles. The predicted octanol–water partition coefficient (Wildman–Crippen LogP) is 3.36. The summed E-state index contributed by atoms with van der Waals surface area (Å²) in [5.41, 5.74) is 6.13. The number of nitrogens with one attached hydrogen (secondary N) is 4. The van der Waals surface area contributed by atoms with Gasteiger partial charge >= 0.3 is 5.97 Å². The van der Waals surface area contributed by atoms with Gasteiger partial charge in [-0.2, -0.15) is 0 Å². The van der Waals surface area contributed by atoms with E-state index in [9.17, 15) is 19.2 Å². The fraction of sp³-hybridized carbons (Fsp3) is 0.261. The van der Waals surface area contributed by atoms with Crippen LogP contribution in [0.15, 0.2) is 40.9 Å². The van der Waals surface area contributed by atoms with Crippen molar-refractivity contribution < 1.29 is 23.9 Å². The lowest BCUT2D eigenvalue weighted by Crippen LogP contribution is -2.40. The quantitative estimate of drug-likeness (QED) is 0.114. The summed E-state index contributed by atoms with van der Waals surface area (Å²) >= 11 is 15.5. The number of methoxy groups -OCH3 is 1. The van der Waals surface area contributed by atoms with E-state index in [1.807, 2.05) is 0 Å². The van der Waals surface area contributed by atoms with E-state index in [0.717, 1.165) is 0 Å². The van der Waals surface area contributed by atoms with Gasteiger partial charge in [0, 0.05) is 28.7 Å². The minimum atomic E-state index is -0.805. The molecule has 0 saturated carbocycles. The first-order valence-electron chi connectivity index (χ1n) is 10.5. The normalized spacial score (nSPS) is 11.2. The summed E-state index contributed by atoms with van der Waals surface area (Å²) < 4.78 is 5.40. The molecule has 192 valence electrons. The van der Waals surface area contributed by atoms with Crippen molar-refractivity contribution in [3.8, 4) is 0 Å². The second-order valence-electron chi connectivity index (χ2n) is 7.53. The molecule has 2 rings (SSSR count). The highest BCUT2D eigenvalue weighted by Crippen LogP contribution is 2.30. The van der Waals surface area contributed by atoms with Crippen LogP contribution in [0.1, 0.15) is 33.6 Å². The number of hydrogen-bond donors (Lipinski definition) is 5. The lowest BCUT2D eigenvalue weighted by molar-refractivity contribution is -0.145. The van der Waals surface area contributed by atoms with Gasteiger partial charge in [-0.3, -0.25) is 24.6 Å². The SMILES string of the molecule is COC(=O)[C@@H](CCC(=O)c1c(Cl)cc(Br)cc1Cl)CNC(=O)CNC(=O)c1cccc(NC(=N)N)c1. The number of rotatable bonds is 11. The van der Waals surface area contributed by atoms with E-state index in [4.69, 9.17) is 39.1 Å². The molecule has 0 aliphatic rings. The van der Waals surface area contributed by atoms with Crippen molar-refractivity contribution >= 4 is 74.3 Å².